The summed E-state index contributed by atoms with van der Waals surface area (Å²) < 4.78 is 34.8. The molecule has 6 nitrogen and oxygen atoms in total. The van der Waals surface area contributed by atoms with Crippen molar-refractivity contribution in [3.63, 3.8) is 0 Å². The van der Waals surface area contributed by atoms with Gasteiger partial charge in [0, 0.05) is 5.69 Å². The van der Waals surface area contributed by atoms with E-state index in [0.29, 0.717) is 5.69 Å². The molecule has 0 aliphatic rings. The Kier molecular flexibility index (Phi) is 5.22. The minimum atomic E-state index is -4.21. The van der Waals surface area contributed by atoms with E-state index in [4.69, 9.17) is 31.8 Å². The summed E-state index contributed by atoms with van der Waals surface area (Å²) in [5.74, 6) is -0.239. The molecule has 0 aliphatic carbocycles. The molecule has 0 fully saturated rings. The van der Waals surface area contributed by atoms with Crippen molar-refractivity contribution in [3.8, 4) is 5.75 Å². The van der Waals surface area contributed by atoms with Gasteiger partial charge in [-0.15, -0.1) is 0 Å². The lowest BCUT2D eigenvalue weighted by atomic mass is 10.3. The summed E-state index contributed by atoms with van der Waals surface area (Å²) in [7, 11) is -4.21. The van der Waals surface area contributed by atoms with Gasteiger partial charge in [-0.25, -0.2) is 0 Å². The van der Waals surface area contributed by atoms with Crippen LogP contribution in [-0.4, -0.2) is 14.3 Å². The molecule has 3 rings (SSSR count). The number of halogens is 2. The topological polar surface area (TPSA) is 85.6 Å². The predicted molar refractivity (Wildman–Crippen MR) is 97.4 cm³/mol. The fourth-order valence-corrected chi connectivity index (χ4v) is 4.11. The lowest BCUT2D eigenvalue weighted by Gasteiger charge is -2.10. The van der Waals surface area contributed by atoms with E-state index >= 15 is 0 Å². The number of furan rings is 1. The quantitative estimate of drug-likeness (QED) is 0.619. The first-order valence-electron chi connectivity index (χ1n) is 7.20. The molecule has 134 valence electrons. The van der Waals surface area contributed by atoms with Crippen molar-refractivity contribution in [1.82, 2.24) is 0 Å². The summed E-state index contributed by atoms with van der Waals surface area (Å²) in [5, 5.41) is 2.52. The molecule has 0 saturated carbocycles. The summed E-state index contributed by atoms with van der Waals surface area (Å²) in [6.45, 7) is 0. The molecule has 0 unspecified atom stereocenters. The Morgan fingerprint density at radius 2 is 1.62 bits per heavy atom. The Labute approximate surface area is 159 Å². The van der Waals surface area contributed by atoms with Crippen LogP contribution in [0.5, 0.6) is 5.75 Å². The number of amides is 1. The average molecular weight is 412 g/mol. The van der Waals surface area contributed by atoms with E-state index in [2.05, 4.69) is 5.32 Å². The van der Waals surface area contributed by atoms with Crippen molar-refractivity contribution in [2.75, 3.05) is 5.32 Å². The minimum Gasteiger partial charge on any atom is -0.459 e. The Morgan fingerprint density at radius 3 is 2.19 bits per heavy atom. The average Bonchev–Trinajstić information content (AvgIpc) is 3.10. The van der Waals surface area contributed by atoms with Crippen LogP contribution in [0.2, 0.25) is 10.0 Å². The number of anilines is 1. The molecule has 1 amide bonds. The van der Waals surface area contributed by atoms with Crippen LogP contribution in [0.3, 0.4) is 0 Å². The molecule has 1 heterocycles. The van der Waals surface area contributed by atoms with Crippen molar-refractivity contribution in [2.45, 2.75) is 4.90 Å². The highest BCUT2D eigenvalue weighted by atomic mass is 35.5. The lowest BCUT2D eigenvalue weighted by molar-refractivity contribution is 0.0996. The van der Waals surface area contributed by atoms with Gasteiger partial charge >= 0.3 is 10.1 Å². The molecule has 9 heteroatoms. The number of nitrogens with one attached hydrogen (secondary N) is 1. The van der Waals surface area contributed by atoms with E-state index in [1.165, 1.54) is 54.8 Å². The van der Waals surface area contributed by atoms with Crippen LogP contribution in [-0.2, 0) is 10.1 Å². The van der Waals surface area contributed by atoms with Gasteiger partial charge in [0.05, 0.1) is 16.3 Å². The summed E-state index contributed by atoms with van der Waals surface area (Å²) in [4.78, 5) is 11.6. The van der Waals surface area contributed by atoms with Crippen LogP contribution >= 0.6 is 23.2 Å². The van der Waals surface area contributed by atoms with Crippen LogP contribution in [0.4, 0.5) is 5.69 Å². The summed E-state index contributed by atoms with van der Waals surface area (Å²) >= 11 is 11.8. The van der Waals surface area contributed by atoms with Crippen molar-refractivity contribution in [3.05, 3.63) is 76.7 Å². The normalized spacial score (nSPS) is 11.2. The molecule has 2 aromatic carbocycles. The standard InChI is InChI=1S/C17H11Cl2NO5S/c18-13-3-1-4-14(19)16(13)26(22,23)25-12-8-6-11(7-9-12)20-17(21)15-5-2-10-24-15/h1-10H,(H,20,21). The zero-order chi connectivity index (χ0) is 18.7. The van der Waals surface area contributed by atoms with Crippen LogP contribution in [0.1, 0.15) is 10.6 Å². The maximum absolute atomic E-state index is 12.4. The highest BCUT2D eigenvalue weighted by Gasteiger charge is 2.23. The number of hydrogen-bond acceptors (Lipinski definition) is 5. The van der Waals surface area contributed by atoms with Gasteiger partial charge < -0.3 is 13.9 Å². The second-order valence-electron chi connectivity index (χ2n) is 5.04. The maximum atomic E-state index is 12.4. The highest BCUT2D eigenvalue weighted by molar-refractivity contribution is 7.87. The van der Waals surface area contributed by atoms with Crippen LogP contribution < -0.4 is 9.50 Å². The van der Waals surface area contributed by atoms with Gasteiger partial charge in [0.15, 0.2) is 5.76 Å². The number of carbonyl (C=O) groups is 1. The number of rotatable bonds is 5. The van der Waals surface area contributed by atoms with Gasteiger partial charge in [0.1, 0.15) is 10.6 Å². The van der Waals surface area contributed by atoms with Gasteiger partial charge in [0.25, 0.3) is 5.91 Å². The van der Waals surface area contributed by atoms with Crippen molar-refractivity contribution in [1.29, 1.82) is 0 Å². The summed E-state index contributed by atoms with van der Waals surface area (Å²) in [6, 6.07) is 13.2. The number of hydrogen-bond donors (Lipinski definition) is 1. The molecule has 0 radical (unpaired) electrons. The second kappa shape index (κ2) is 7.41. The smallest absolute Gasteiger partial charge is 0.342 e. The zero-order valence-corrected chi connectivity index (χ0v) is 15.3. The fraction of sp³-hybridized carbons (Fsp3) is 0. The van der Waals surface area contributed by atoms with Crippen molar-refractivity contribution in [2.24, 2.45) is 0 Å². The van der Waals surface area contributed by atoms with Gasteiger partial charge in [-0.1, -0.05) is 29.3 Å². The van der Waals surface area contributed by atoms with E-state index < -0.39 is 16.0 Å². The Bertz CT molecular complexity index is 1010. The number of carbonyl (C=O) groups excluding carboxylic acids is 1. The highest BCUT2D eigenvalue weighted by Crippen LogP contribution is 2.31. The van der Waals surface area contributed by atoms with Gasteiger partial charge in [-0.3, -0.25) is 4.79 Å². The van der Waals surface area contributed by atoms with Crippen LogP contribution in [0, 0.1) is 0 Å². The molecule has 26 heavy (non-hydrogen) atoms. The molecular weight excluding hydrogens is 401 g/mol. The first kappa shape index (κ1) is 18.3. The molecule has 1 aromatic heterocycles. The summed E-state index contributed by atoms with van der Waals surface area (Å²) in [6.07, 6.45) is 1.39. The van der Waals surface area contributed by atoms with Gasteiger partial charge in [-0.05, 0) is 48.5 Å². The van der Waals surface area contributed by atoms with E-state index in [-0.39, 0.29) is 26.5 Å². The van der Waals surface area contributed by atoms with Crippen LogP contribution in [0.25, 0.3) is 0 Å². The van der Waals surface area contributed by atoms with E-state index in [9.17, 15) is 13.2 Å². The SMILES string of the molecule is O=C(Nc1ccc(OS(=O)(=O)c2c(Cl)cccc2Cl)cc1)c1ccco1. The van der Waals surface area contributed by atoms with E-state index in [1.54, 1.807) is 6.07 Å². The van der Waals surface area contributed by atoms with Crippen molar-refractivity contribution >= 4 is 44.9 Å². The predicted octanol–water partition coefficient (Wildman–Crippen LogP) is 4.61. The van der Waals surface area contributed by atoms with E-state index in [1.807, 2.05) is 0 Å². The van der Waals surface area contributed by atoms with Gasteiger partial charge in [-0.2, -0.15) is 8.42 Å². The molecule has 0 aliphatic heterocycles. The summed E-state index contributed by atoms with van der Waals surface area (Å²) in [5.41, 5.74) is 0.437. The van der Waals surface area contributed by atoms with Crippen molar-refractivity contribution < 1.29 is 21.8 Å². The Hall–Kier alpha value is -2.48. The fourth-order valence-electron chi connectivity index (χ4n) is 2.08. The third-order valence-corrected chi connectivity index (χ3v) is 5.44. The molecule has 0 bridgehead atoms. The lowest BCUT2D eigenvalue weighted by Crippen LogP contribution is -2.12. The molecule has 0 atom stereocenters. The van der Waals surface area contributed by atoms with E-state index in [0.717, 1.165) is 0 Å². The Balaban J connectivity index is 1.76. The first-order valence-corrected chi connectivity index (χ1v) is 9.37. The second-order valence-corrected chi connectivity index (χ2v) is 7.34. The Morgan fingerprint density at radius 1 is 0.962 bits per heavy atom. The molecule has 1 N–H and O–H groups in total. The zero-order valence-electron chi connectivity index (χ0n) is 13.0. The minimum absolute atomic E-state index is 0.0389. The molecule has 3 aromatic rings. The first-order chi connectivity index (χ1) is 12.4. The third-order valence-electron chi connectivity index (χ3n) is 3.23. The largest absolute Gasteiger partial charge is 0.459 e. The molecular formula is C17H11Cl2NO5S. The monoisotopic (exact) mass is 411 g/mol. The third kappa shape index (κ3) is 4.01. The van der Waals surface area contributed by atoms with Crippen LogP contribution in [0.15, 0.2) is 70.2 Å². The number of benzene rings is 2. The molecule has 0 spiro atoms. The maximum Gasteiger partial charge on any atom is 0.342 e. The van der Waals surface area contributed by atoms with Gasteiger partial charge in [0.2, 0.25) is 0 Å². The molecule has 0 saturated heterocycles.